The summed E-state index contributed by atoms with van der Waals surface area (Å²) in [5.74, 6) is -0.326. The van der Waals surface area contributed by atoms with Gasteiger partial charge < -0.3 is 20.1 Å². The first-order valence-electron chi connectivity index (χ1n) is 11.6. The van der Waals surface area contributed by atoms with Crippen LogP contribution in [0.3, 0.4) is 0 Å². The maximum atomic E-state index is 13.3. The Hall–Kier alpha value is -4.08. The second-order valence-electron chi connectivity index (χ2n) is 8.12. The van der Waals surface area contributed by atoms with Crippen LogP contribution in [0.15, 0.2) is 94.4 Å². The van der Waals surface area contributed by atoms with Gasteiger partial charge in [-0.05, 0) is 61.0 Å². The number of amides is 3. The summed E-state index contributed by atoms with van der Waals surface area (Å²) in [4.78, 5) is 41.4. The minimum atomic E-state index is -0.395. The van der Waals surface area contributed by atoms with E-state index in [0.717, 1.165) is 0 Å². The normalized spacial score (nSPS) is 13.2. The van der Waals surface area contributed by atoms with Crippen LogP contribution in [0, 0.1) is 0 Å². The molecule has 9 heteroatoms. The zero-order chi connectivity index (χ0) is 26.2. The molecule has 1 aliphatic heterocycles. The molecular formula is C28H27N3O5S. The fraction of sp³-hybridized carbons (Fsp3) is 0.179. The van der Waals surface area contributed by atoms with Gasteiger partial charge in [0.2, 0.25) is 0 Å². The highest BCUT2D eigenvalue weighted by molar-refractivity contribution is 8.04. The number of hydrogen-bond acceptors (Lipinski definition) is 7. The molecule has 3 aromatic rings. The molecule has 0 saturated carbocycles. The maximum absolute atomic E-state index is 13.3. The van der Waals surface area contributed by atoms with Gasteiger partial charge >= 0.3 is 0 Å². The summed E-state index contributed by atoms with van der Waals surface area (Å²) in [7, 11) is 3.15. The molecule has 37 heavy (non-hydrogen) atoms. The highest BCUT2D eigenvalue weighted by Gasteiger charge is 2.38. The molecular weight excluding hydrogens is 490 g/mol. The van der Waals surface area contributed by atoms with Crippen LogP contribution in [-0.2, 0) is 14.3 Å². The molecule has 0 atom stereocenters. The third-order valence-corrected chi connectivity index (χ3v) is 6.64. The average Bonchev–Trinajstić information content (AvgIpc) is 3.13. The Morgan fingerprint density at radius 3 is 2.35 bits per heavy atom. The van der Waals surface area contributed by atoms with Crippen LogP contribution in [0.1, 0.15) is 16.8 Å². The van der Waals surface area contributed by atoms with Gasteiger partial charge in [0, 0.05) is 42.1 Å². The van der Waals surface area contributed by atoms with Crippen LogP contribution in [0.25, 0.3) is 0 Å². The van der Waals surface area contributed by atoms with Crippen LogP contribution in [-0.4, -0.2) is 50.0 Å². The first-order chi connectivity index (χ1) is 18.0. The van der Waals surface area contributed by atoms with E-state index in [2.05, 4.69) is 10.6 Å². The Bertz CT molecular complexity index is 1310. The number of nitrogens with zero attached hydrogens (tertiary/aromatic N) is 1. The van der Waals surface area contributed by atoms with Crippen LogP contribution in [0.5, 0.6) is 5.75 Å². The molecule has 1 aliphatic rings. The summed E-state index contributed by atoms with van der Waals surface area (Å²) < 4.78 is 10.3. The number of rotatable bonds is 11. The van der Waals surface area contributed by atoms with E-state index in [0.29, 0.717) is 40.6 Å². The molecule has 1 heterocycles. The predicted molar refractivity (Wildman–Crippen MR) is 144 cm³/mol. The smallest absolute Gasteiger partial charge is 0.278 e. The van der Waals surface area contributed by atoms with Crippen LogP contribution >= 0.6 is 11.8 Å². The quantitative estimate of drug-likeness (QED) is 0.279. The largest absolute Gasteiger partial charge is 0.497 e. The lowest BCUT2D eigenvalue weighted by atomic mass is 10.2. The van der Waals surface area contributed by atoms with Crippen LogP contribution < -0.4 is 15.4 Å². The summed E-state index contributed by atoms with van der Waals surface area (Å²) in [6.45, 7) is 0.681. The minimum Gasteiger partial charge on any atom is -0.497 e. The SMILES string of the molecule is COCCCN1C(=O)C(Nc2ccc(OC)cc2)=C(Sc2cccc(NC(=O)c3ccccc3)c2)C1=O. The number of ether oxygens (including phenoxy) is 2. The third-order valence-electron chi connectivity index (χ3n) is 5.56. The lowest BCUT2D eigenvalue weighted by Gasteiger charge is -2.14. The number of benzene rings is 3. The molecule has 4 rings (SSSR count). The van der Waals surface area contributed by atoms with Crippen molar-refractivity contribution in [3.05, 3.63) is 95.0 Å². The van der Waals surface area contributed by atoms with Crippen molar-refractivity contribution >= 4 is 40.9 Å². The topological polar surface area (TPSA) is 97.0 Å². The summed E-state index contributed by atoms with van der Waals surface area (Å²) in [5.41, 5.74) is 1.98. The van der Waals surface area contributed by atoms with Crippen molar-refractivity contribution < 1.29 is 23.9 Å². The fourth-order valence-electron chi connectivity index (χ4n) is 3.70. The second-order valence-corrected chi connectivity index (χ2v) is 9.20. The Balaban J connectivity index is 1.58. The number of methoxy groups -OCH3 is 2. The molecule has 0 saturated heterocycles. The van der Waals surface area contributed by atoms with Gasteiger partial charge in [-0.15, -0.1) is 0 Å². The van der Waals surface area contributed by atoms with E-state index in [9.17, 15) is 14.4 Å². The van der Waals surface area contributed by atoms with E-state index in [-0.39, 0.29) is 29.0 Å². The molecule has 0 aliphatic carbocycles. The molecule has 0 bridgehead atoms. The van der Waals surface area contributed by atoms with E-state index in [1.54, 1.807) is 80.9 Å². The standard InChI is InChI=1S/C28H27N3O5S/c1-35-17-7-16-31-27(33)24(29-20-12-14-22(36-2)15-13-20)25(28(31)34)37-23-11-6-10-21(18-23)30-26(32)19-8-4-3-5-9-19/h3-6,8-15,18,29H,7,16-17H2,1-2H3,(H,30,32). The molecule has 8 nitrogen and oxygen atoms in total. The van der Waals surface area contributed by atoms with Crippen molar-refractivity contribution in [2.45, 2.75) is 11.3 Å². The van der Waals surface area contributed by atoms with Gasteiger partial charge in [0.1, 0.15) is 16.4 Å². The summed E-state index contributed by atoms with van der Waals surface area (Å²) in [5, 5.41) is 6.00. The molecule has 3 aromatic carbocycles. The molecule has 0 aromatic heterocycles. The predicted octanol–water partition coefficient (Wildman–Crippen LogP) is 4.77. The van der Waals surface area contributed by atoms with Gasteiger partial charge in [-0.2, -0.15) is 0 Å². The van der Waals surface area contributed by atoms with Crippen molar-refractivity contribution in [2.75, 3.05) is 38.0 Å². The van der Waals surface area contributed by atoms with Gasteiger partial charge in [0.15, 0.2) is 0 Å². The lowest BCUT2D eigenvalue weighted by molar-refractivity contribution is -0.137. The molecule has 0 radical (unpaired) electrons. The van der Waals surface area contributed by atoms with Gasteiger partial charge in [0.05, 0.1) is 7.11 Å². The Labute approximate surface area is 219 Å². The highest BCUT2D eigenvalue weighted by Crippen LogP contribution is 2.37. The van der Waals surface area contributed by atoms with Crippen LogP contribution in [0.2, 0.25) is 0 Å². The van der Waals surface area contributed by atoms with Gasteiger partial charge in [0.25, 0.3) is 17.7 Å². The van der Waals surface area contributed by atoms with Crippen LogP contribution in [0.4, 0.5) is 11.4 Å². The van der Waals surface area contributed by atoms with Crippen molar-refractivity contribution in [3.63, 3.8) is 0 Å². The first-order valence-corrected chi connectivity index (χ1v) is 12.5. The maximum Gasteiger partial charge on any atom is 0.278 e. The Morgan fingerprint density at radius 2 is 1.65 bits per heavy atom. The summed E-state index contributed by atoms with van der Waals surface area (Å²) in [6.07, 6.45) is 0.531. The highest BCUT2D eigenvalue weighted by atomic mass is 32.2. The van der Waals surface area contributed by atoms with E-state index in [1.807, 2.05) is 12.1 Å². The lowest BCUT2D eigenvalue weighted by Crippen LogP contribution is -2.33. The van der Waals surface area contributed by atoms with Crippen molar-refractivity contribution in [2.24, 2.45) is 0 Å². The number of carbonyl (C=O) groups is 3. The monoisotopic (exact) mass is 517 g/mol. The molecule has 0 fully saturated rings. The zero-order valence-corrected chi connectivity index (χ0v) is 21.3. The number of hydrogen-bond donors (Lipinski definition) is 2. The van der Waals surface area contributed by atoms with E-state index >= 15 is 0 Å². The average molecular weight is 518 g/mol. The molecule has 0 unspecified atom stereocenters. The first kappa shape index (κ1) is 26.0. The van der Waals surface area contributed by atoms with Gasteiger partial charge in [-0.3, -0.25) is 19.3 Å². The number of imide groups is 1. The van der Waals surface area contributed by atoms with Gasteiger partial charge in [-0.1, -0.05) is 36.0 Å². The van der Waals surface area contributed by atoms with E-state index in [1.165, 1.54) is 16.7 Å². The molecule has 3 amide bonds. The summed E-state index contributed by atoms with van der Waals surface area (Å²) in [6, 6.07) is 23.2. The molecule has 2 N–H and O–H groups in total. The van der Waals surface area contributed by atoms with Crippen molar-refractivity contribution in [3.8, 4) is 5.75 Å². The Kier molecular flexibility index (Phi) is 8.60. The number of anilines is 2. The van der Waals surface area contributed by atoms with E-state index in [4.69, 9.17) is 9.47 Å². The zero-order valence-electron chi connectivity index (χ0n) is 20.5. The Morgan fingerprint density at radius 1 is 0.892 bits per heavy atom. The number of carbonyl (C=O) groups excluding carboxylic acids is 3. The molecule has 0 spiro atoms. The summed E-state index contributed by atoms with van der Waals surface area (Å²) >= 11 is 1.18. The van der Waals surface area contributed by atoms with E-state index < -0.39 is 5.91 Å². The molecule has 190 valence electrons. The fourth-order valence-corrected chi connectivity index (χ4v) is 4.70. The number of thioether (sulfide) groups is 1. The minimum absolute atomic E-state index is 0.205. The second kappa shape index (κ2) is 12.2. The van der Waals surface area contributed by atoms with Crippen molar-refractivity contribution in [1.82, 2.24) is 4.90 Å². The number of nitrogens with one attached hydrogen (secondary N) is 2. The third kappa shape index (κ3) is 6.38. The van der Waals surface area contributed by atoms with Crippen molar-refractivity contribution in [1.29, 1.82) is 0 Å². The van der Waals surface area contributed by atoms with Gasteiger partial charge in [-0.25, -0.2) is 0 Å².